The molecule has 1 atom stereocenters. The van der Waals surface area contributed by atoms with E-state index in [-0.39, 0.29) is 18.0 Å². The predicted octanol–water partition coefficient (Wildman–Crippen LogP) is 2.41. The van der Waals surface area contributed by atoms with Gasteiger partial charge in [0.2, 0.25) is 0 Å². The van der Waals surface area contributed by atoms with Gasteiger partial charge in [0.15, 0.2) is 0 Å². The van der Waals surface area contributed by atoms with Gasteiger partial charge in [-0.15, -0.1) is 0 Å². The SMILES string of the molecule is CC(C)n1ncnc1CC(O)c1c(F)cccc1F. The highest BCUT2D eigenvalue weighted by molar-refractivity contribution is 5.22. The van der Waals surface area contributed by atoms with Crippen molar-refractivity contribution in [3.63, 3.8) is 0 Å². The van der Waals surface area contributed by atoms with E-state index >= 15 is 0 Å². The van der Waals surface area contributed by atoms with E-state index in [0.29, 0.717) is 5.82 Å². The number of rotatable bonds is 4. The van der Waals surface area contributed by atoms with Crippen molar-refractivity contribution < 1.29 is 13.9 Å². The lowest BCUT2D eigenvalue weighted by Gasteiger charge is -2.14. The molecule has 0 bridgehead atoms. The maximum absolute atomic E-state index is 13.5. The van der Waals surface area contributed by atoms with Crippen molar-refractivity contribution in [3.8, 4) is 0 Å². The number of aliphatic hydroxyl groups is 1. The number of hydrogen-bond donors (Lipinski definition) is 1. The standard InChI is InChI=1S/C13H15F2N3O/c1-8(2)18-12(16-7-17-18)6-11(19)13-9(14)4-3-5-10(13)15/h3-5,7-8,11,19H,6H2,1-2H3. The van der Waals surface area contributed by atoms with Crippen LogP contribution in [0.5, 0.6) is 0 Å². The molecule has 1 N–H and O–H groups in total. The van der Waals surface area contributed by atoms with Gasteiger partial charge < -0.3 is 5.11 Å². The molecule has 6 heteroatoms. The molecule has 0 aliphatic rings. The molecule has 0 aliphatic heterocycles. The zero-order chi connectivity index (χ0) is 14.0. The van der Waals surface area contributed by atoms with Gasteiger partial charge in [-0.2, -0.15) is 5.10 Å². The average Bonchev–Trinajstić information content (AvgIpc) is 2.76. The van der Waals surface area contributed by atoms with Crippen molar-refractivity contribution in [3.05, 3.63) is 47.5 Å². The van der Waals surface area contributed by atoms with E-state index in [0.717, 1.165) is 12.1 Å². The summed E-state index contributed by atoms with van der Waals surface area (Å²) in [5, 5.41) is 14.0. The van der Waals surface area contributed by atoms with Crippen molar-refractivity contribution >= 4 is 0 Å². The fourth-order valence-electron chi connectivity index (χ4n) is 1.96. The van der Waals surface area contributed by atoms with Crippen LogP contribution in [-0.4, -0.2) is 19.9 Å². The number of aliphatic hydroxyl groups excluding tert-OH is 1. The van der Waals surface area contributed by atoms with Crippen LogP contribution in [0, 0.1) is 11.6 Å². The van der Waals surface area contributed by atoms with Gasteiger partial charge in [-0.05, 0) is 26.0 Å². The Kier molecular flexibility index (Phi) is 3.90. The minimum atomic E-state index is -1.29. The Balaban J connectivity index is 2.26. The molecule has 0 spiro atoms. The molecule has 19 heavy (non-hydrogen) atoms. The van der Waals surface area contributed by atoms with Gasteiger partial charge in [0, 0.05) is 12.5 Å². The molecular weight excluding hydrogens is 252 g/mol. The number of nitrogens with zero attached hydrogens (tertiary/aromatic N) is 3. The zero-order valence-corrected chi connectivity index (χ0v) is 10.7. The van der Waals surface area contributed by atoms with E-state index in [2.05, 4.69) is 10.1 Å². The predicted molar refractivity (Wildman–Crippen MR) is 65.4 cm³/mol. The lowest BCUT2D eigenvalue weighted by atomic mass is 10.0. The van der Waals surface area contributed by atoms with Crippen LogP contribution in [0.2, 0.25) is 0 Å². The minimum Gasteiger partial charge on any atom is -0.388 e. The summed E-state index contributed by atoms with van der Waals surface area (Å²) in [5.74, 6) is -1.03. The first kappa shape index (κ1) is 13.6. The number of halogens is 2. The van der Waals surface area contributed by atoms with Crippen LogP contribution in [0.15, 0.2) is 24.5 Å². The second-order valence-corrected chi connectivity index (χ2v) is 4.57. The molecule has 1 aromatic carbocycles. The van der Waals surface area contributed by atoms with Gasteiger partial charge in [-0.1, -0.05) is 6.07 Å². The molecular formula is C13H15F2N3O. The van der Waals surface area contributed by atoms with Crippen LogP contribution in [0.3, 0.4) is 0 Å². The molecule has 0 aliphatic carbocycles. The summed E-state index contributed by atoms with van der Waals surface area (Å²) in [6.45, 7) is 3.82. The minimum absolute atomic E-state index is 0.00995. The second kappa shape index (κ2) is 5.44. The van der Waals surface area contributed by atoms with Crippen LogP contribution in [0.1, 0.15) is 37.4 Å². The number of aromatic nitrogens is 3. The summed E-state index contributed by atoms with van der Waals surface area (Å²) in [7, 11) is 0. The summed E-state index contributed by atoms with van der Waals surface area (Å²) in [6, 6.07) is 3.57. The normalized spacial score (nSPS) is 12.9. The molecule has 0 amide bonds. The Bertz CT molecular complexity index is 549. The van der Waals surface area contributed by atoms with Gasteiger partial charge in [0.25, 0.3) is 0 Å². The molecule has 0 saturated heterocycles. The molecule has 2 rings (SSSR count). The average molecular weight is 267 g/mol. The van der Waals surface area contributed by atoms with Gasteiger partial charge in [-0.25, -0.2) is 18.4 Å². The molecule has 2 aromatic rings. The van der Waals surface area contributed by atoms with E-state index in [1.165, 1.54) is 12.4 Å². The monoisotopic (exact) mass is 267 g/mol. The Morgan fingerprint density at radius 3 is 2.47 bits per heavy atom. The molecule has 1 unspecified atom stereocenters. The largest absolute Gasteiger partial charge is 0.388 e. The Morgan fingerprint density at radius 1 is 1.26 bits per heavy atom. The first-order valence-electron chi connectivity index (χ1n) is 6.01. The second-order valence-electron chi connectivity index (χ2n) is 4.57. The molecule has 0 saturated carbocycles. The summed E-state index contributed by atoms with van der Waals surface area (Å²) >= 11 is 0. The Morgan fingerprint density at radius 2 is 1.89 bits per heavy atom. The Labute approximate surface area is 109 Å². The van der Waals surface area contributed by atoms with Crippen molar-refractivity contribution in [1.82, 2.24) is 14.8 Å². The molecule has 0 fully saturated rings. The highest BCUT2D eigenvalue weighted by Gasteiger charge is 2.20. The molecule has 4 nitrogen and oxygen atoms in total. The third-order valence-corrected chi connectivity index (χ3v) is 2.85. The van der Waals surface area contributed by atoms with Crippen molar-refractivity contribution in [1.29, 1.82) is 0 Å². The van der Waals surface area contributed by atoms with E-state index in [1.807, 2.05) is 13.8 Å². The third kappa shape index (κ3) is 2.78. The quantitative estimate of drug-likeness (QED) is 0.925. The van der Waals surface area contributed by atoms with E-state index < -0.39 is 17.7 Å². The van der Waals surface area contributed by atoms with Gasteiger partial charge in [-0.3, -0.25) is 0 Å². The van der Waals surface area contributed by atoms with Crippen LogP contribution >= 0.6 is 0 Å². The number of hydrogen-bond acceptors (Lipinski definition) is 3. The maximum Gasteiger partial charge on any atom is 0.138 e. The van der Waals surface area contributed by atoms with Gasteiger partial charge in [0.05, 0.1) is 11.7 Å². The van der Waals surface area contributed by atoms with E-state index in [4.69, 9.17) is 0 Å². The summed E-state index contributed by atoms with van der Waals surface area (Å²) in [4.78, 5) is 4.01. The Hall–Kier alpha value is -1.82. The fourth-order valence-corrected chi connectivity index (χ4v) is 1.96. The van der Waals surface area contributed by atoms with E-state index in [1.54, 1.807) is 4.68 Å². The molecule has 0 radical (unpaired) electrons. The smallest absolute Gasteiger partial charge is 0.138 e. The number of benzene rings is 1. The summed E-state index contributed by atoms with van der Waals surface area (Å²) in [6.07, 6.45) is 0.0818. The molecule has 102 valence electrons. The van der Waals surface area contributed by atoms with Gasteiger partial charge in [0.1, 0.15) is 23.8 Å². The van der Waals surface area contributed by atoms with Crippen molar-refractivity contribution in [2.75, 3.05) is 0 Å². The topological polar surface area (TPSA) is 50.9 Å². The first-order chi connectivity index (χ1) is 9.00. The van der Waals surface area contributed by atoms with Gasteiger partial charge >= 0.3 is 0 Å². The van der Waals surface area contributed by atoms with E-state index in [9.17, 15) is 13.9 Å². The molecule has 1 heterocycles. The maximum atomic E-state index is 13.5. The van der Waals surface area contributed by atoms with Crippen LogP contribution in [-0.2, 0) is 6.42 Å². The molecule has 1 aromatic heterocycles. The van der Waals surface area contributed by atoms with Crippen molar-refractivity contribution in [2.24, 2.45) is 0 Å². The fraction of sp³-hybridized carbons (Fsp3) is 0.385. The lowest BCUT2D eigenvalue weighted by Crippen LogP contribution is -2.14. The highest BCUT2D eigenvalue weighted by Crippen LogP contribution is 2.23. The highest BCUT2D eigenvalue weighted by atomic mass is 19.1. The third-order valence-electron chi connectivity index (χ3n) is 2.85. The summed E-state index contributed by atoms with van der Waals surface area (Å²) in [5.41, 5.74) is -0.333. The zero-order valence-electron chi connectivity index (χ0n) is 10.7. The van der Waals surface area contributed by atoms with Crippen LogP contribution in [0.25, 0.3) is 0 Å². The first-order valence-corrected chi connectivity index (χ1v) is 6.01. The summed E-state index contributed by atoms with van der Waals surface area (Å²) < 4.78 is 28.7. The lowest BCUT2D eigenvalue weighted by molar-refractivity contribution is 0.163. The van der Waals surface area contributed by atoms with Crippen LogP contribution in [0.4, 0.5) is 8.78 Å². The van der Waals surface area contributed by atoms with Crippen LogP contribution < -0.4 is 0 Å². The van der Waals surface area contributed by atoms with Crippen molar-refractivity contribution in [2.45, 2.75) is 32.4 Å².